The lowest BCUT2D eigenvalue weighted by Crippen LogP contribution is -2.46. The van der Waals surface area contributed by atoms with E-state index in [0.29, 0.717) is 23.3 Å². The molecule has 2 aliphatic rings. The van der Waals surface area contributed by atoms with E-state index in [1.165, 1.54) is 19.3 Å². The van der Waals surface area contributed by atoms with Crippen LogP contribution in [-0.4, -0.2) is 30.5 Å². The first kappa shape index (κ1) is 13.9. The van der Waals surface area contributed by atoms with Gasteiger partial charge in [-0.3, -0.25) is 4.79 Å². The summed E-state index contributed by atoms with van der Waals surface area (Å²) in [6.07, 6.45) is 6.12. The van der Waals surface area contributed by atoms with E-state index >= 15 is 0 Å². The second kappa shape index (κ2) is 5.76. The predicted octanol–water partition coefficient (Wildman–Crippen LogP) is 3.86. The Morgan fingerprint density at radius 1 is 1.30 bits per heavy atom. The van der Waals surface area contributed by atoms with Gasteiger partial charge in [0.2, 0.25) is 0 Å². The van der Waals surface area contributed by atoms with Crippen molar-refractivity contribution in [2.75, 3.05) is 13.7 Å². The second-order valence-electron chi connectivity index (χ2n) is 5.74. The van der Waals surface area contributed by atoms with E-state index < -0.39 is 0 Å². The van der Waals surface area contributed by atoms with Crippen molar-refractivity contribution in [2.24, 2.45) is 5.92 Å². The maximum atomic E-state index is 12.9. The lowest BCUT2D eigenvalue weighted by molar-refractivity contribution is 0.0545. The molecule has 0 aromatic heterocycles. The molecule has 1 aliphatic heterocycles. The fourth-order valence-electron chi connectivity index (χ4n) is 3.70. The number of likely N-dealkylation sites (tertiary alicyclic amines) is 1. The minimum Gasteiger partial charge on any atom is -0.496 e. The standard InChI is InChI=1S/C16H20BrNO2/c1-20-15-10-12(17)7-8-13(15)16(19)18-9-3-5-11-4-2-6-14(11)18/h7-8,10-11,14H,2-6,9H2,1H3. The van der Waals surface area contributed by atoms with E-state index in [4.69, 9.17) is 4.74 Å². The Balaban J connectivity index is 1.88. The van der Waals surface area contributed by atoms with Crippen LogP contribution in [0.15, 0.2) is 22.7 Å². The van der Waals surface area contributed by atoms with Crippen LogP contribution in [0.3, 0.4) is 0 Å². The van der Waals surface area contributed by atoms with E-state index in [1.54, 1.807) is 7.11 Å². The lowest BCUT2D eigenvalue weighted by atomic mass is 9.91. The first-order chi connectivity index (χ1) is 9.70. The number of fused-ring (bicyclic) bond motifs is 1. The van der Waals surface area contributed by atoms with Gasteiger partial charge in [-0.1, -0.05) is 22.4 Å². The third-order valence-electron chi connectivity index (χ3n) is 4.65. The highest BCUT2D eigenvalue weighted by molar-refractivity contribution is 9.10. The number of rotatable bonds is 2. The summed E-state index contributed by atoms with van der Waals surface area (Å²) in [6.45, 7) is 0.888. The Labute approximate surface area is 128 Å². The van der Waals surface area contributed by atoms with Gasteiger partial charge in [-0.2, -0.15) is 0 Å². The number of carbonyl (C=O) groups excluding carboxylic acids is 1. The summed E-state index contributed by atoms with van der Waals surface area (Å²) in [5.74, 6) is 1.50. The first-order valence-corrected chi connectivity index (χ1v) is 8.14. The molecule has 4 heteroatoms. The summed E-state index contributed by atoms with van der Waals surface area (Å²) < 4.78 is 6.31. The Kier molecular flexibility index (Phi) is 4.01. The summed E-state index contributed by atoms with van der Waals surface area (Å²) in [7, 11) is 1.62. The van der Waals surface area contributed by atoms with Crippen LogP contribution in [-0.2, 0) is 0 Å². The molecule has 0 bridgehead atoms. The number of carbonyl (C=O) groups is 1. The topological polar surface area (TPSA) is 29.5 Å². The maximum absolute atomic E-state index is 12.9. The minimum absolute atomic E-state index is 0.131. The number of hydrogen-bond acceptors (Lipinski definition) is 2. The molecule has 0 N–H and O–H groups in total. The molecule has 3 nitrogen and oxygen atoms in total. The van der Waals surface area contributed by atoms with Crippen LogP contribution in [0.25, 0.3) is 0 Å². The minimum atomic E-state index is 0.131. The molecule has 1 saturated carbocycles. The summed E-state index contributed by atoms with van der Waals surface area (Å²) >= 11 is 3.42. The van der Waals surface area contributed by atoms with Crippen molar-refractivity contribution in [3.63, 3.8) is 0 Å². The number of amides is 1. The van der Waals surface area contributed by atoms with Gasteiger partial charge in [-0.05, 0) is 49.8 Å². The van der Waals surface area contributed by atoms with Gasteiger partial charge in [0.1, 0.15) is 5.75 Å². The molecule has 1 amide bonds. The number of methoxy groups -OCH3 is 1. The van der Waals surface area contributed by atoms with E-state index in [9.17, 15) is 4.79 Å². The molecule has 2 fully saturated rings. The zero-order valence-corrected chi connectivity index (χ0v) is 13.4. The summed E-state index contributed by atoms with van der Waals surface area (Å²) in [4.78, 5) is 15.0. The van der Waals surface area contributed by atoms with Gasteiger partial charge in [-0.25, -0.2) is 0 Å². The average molecular weight is 338 g/mol. The lowest BCUT2D eigenvalue weighted by Gasteiger charge is -2.38. The third kappa shape index (κ3) is 2.46. The maximum Gasteiger partial charge on any atom is 0.257 e. The Bertz CT molecular complexity index is 517. The van der Waals surface area contributed by atoms with Crippen LogP contribution in [0.2, 0.25) is 0 Å². The van der Waals surface area contributed by atoms with Gasteiger partial charge in [0, 0.05) is 17.1 Å². The molecule has 108 valence electrons. The highest BCUT2D eigenvalue weighted by Gasteiger charge is 2.38. The molecule has 2 unspecified atom stereocenters. The third-order valence-corrected chi connectivity index (χ3v) is 5.14. The van der Waals surface area contributed by atoms with Crippen molar-refractivity contribution in [3.8, 4) is 5.75 Å². The molecule has 1 saturated heterocycles. The predicted molar refractivity (Wildman–Crippen MR) is 82.1 cm³/mol. The summed E-state index contributed by atoms with van der Waals surface area (Å²) in [6, 6.07) is 6.09. The van der Waals surface area contributed by atoms with E-state index in [-0.39, 0.29) is 5.91 Å². The van der Waals surface area contributed by atoms with Gasteiger partial charge >= 0.3 is 0 Å². The summed E-state index contributed by atoms with van der Waals surface area (Å²) in [5.41, 5.74) is 0.684. The second-order valence-corrected chi connectivity index (χ2v) is 6.66. The molecule has 0 spiro atoms. The van der Waals surface area contributed by atoms with Crippen LogP contribution in [0.1, 0.15) is 42.5 Å². The van der Waals surface area contributed by atoms with Crippen LogP contribution in [0.4, 0.5) is 0 Å². The molecule has 1 aromatic carbocycles. The highest BCUT2D eigenvalue weighted by Crippen LogP contribution is 2.38. The Hall–Kier alpha value is -1.03. The van der Waals surface area contributed by atoms with Crippen molar-refractivity contribution in [1.82, 2.24) is 4.90 Å². The normalized spacial score (nSPS) is 25.4. The Morgan fingerprint density at radius 2 is 2.10 bits per heavy atom. The van der Waals surface area contributed by atoms with Crippen LogP contribution in [0, 0.1) is 5.92 Å². The summed E-state index contributed by atoms with van der Waals surface area (Å²) in [5, 5.41) is 0. The monoisotopic (exact) mass is 337 g/mol. The molecular weight excluding hydrogens is 318 g/mol. The number of piperidine rings is 1. The average Bonchev–Trinajstić information content (AvgIpc) is 2.94. The Morgan fingerprint density at radius 3 is 2.90 bits per heavy atom. The van der Waals surface area contributed by atoms with Gasteiger partial charge in [0.15, 0.2) is 0 Å². The van der Waals surface area contributed by atoms with Crippen LogP contribution >= 0.6 is 15.9 Å². The number of hydrogen-bond donors (Lipinski definition) is 0. The molecule has 20 heavy (non-hydrogen) atoms. The van der Waals surface area contributed by atoms with E-state index in [2.05, 4.69) is 20.8 Å². The van der Waals surface area contributed by atoms with Crippen LogP contribution in [0.5, 0.6) is 5.75 Å². The fourth-order valence-corrected chi connectivity index (χ4v) is 4.04. The number of nitrogens with zero attached hydrogens (tertiary/aromatic N) is 1. The molecule has 1 heterocycles. The number of benzene rings is 1. The van der Waals surface area contributed by atoms with E-state index in [1.807, 2.05) is 18.2 Å². The van der Waals surface area contributed by atoms with Gasteiger partial charge in [0.25, 0.3) is 5.91 Å². The highest BCUT2D eigenvalue weighted by atomic mass is 79.9. The molecular formula is C16H20BrNO2. The van der Waals surface area contributed by atoms with Crippen molar-refractivity contribution >= 4 is 21.8 Å². The van der Waals surface area contributed by atoms with Gasteiger partial charge in [0.05, 0.1) is 12.7 Å². The molecule has 3 rings (SSSR count). The van der Waals surface area contributed by atoms with Crippen molar-refractivity contribution < 1.29 is 9.53 Å². The fraction of sp³-hybridized carbons (Fsp3) is 0.562. The van der Waals surface area contributed by atoms with Gasteiger partial charge < -0.3 is 9.64 Å². The van der Waals surface area contributed by atoms with Crippen molar-refractivity contribution in [3.05, 3.63) is 28.2 Å². The van der Waals surface area contributed by atoms with Gasteiger partial charge in [-0.15, -0.1) is 0 Å². The molecule has 1 aromatic rings. The van der Waals surface area contributed by atoms with E-state index in [0.717, 1.165) is 23.9 Å². The van der Waals surface area contributed by atoms with Crippen molar-refractivity contribution in [2.45, 2.75) is 38.1 Å². The largest absolute Gasteiger partial charge is 0.496 e. The zero-order valence-electron chi connectivity index (χ0n) is 11.8. The number of ether oxygens (including phenoxy) is 1. The van der Waals surface area contributed by atoms with Crippen LogP contribution < -0.4 is 4.74 Å². The SMILES string of the molecule is COc1cc(Br)ccc1C(=O)N1CCCC2CCCC21. The smallest absolute Gasteiger partial charge is 0.257 e. The molecule has 2 atom stereocenters. The quantitative estimate of drug-likeness (QED) is 0.819. The molecule has 1 aliphatic carbocycles. The number of halogens is 1. The zero-order chi connectivity index (χ0) is 14.1. The first-order valence-electron chi connectivity index (χ1n) is 7.35. The van der Waals surface area contributed by atoms with Crippen molar-refractivity contribution in [1.29, 1.82) is 0 Å². The molecule has 0 radical (unpaired) electrons.